The number of aromatic amines is 1. The van der Waals surface area contributed by atoms with Crippen LogP contribution in [0.25, 0.3) is 22.1 Å². The molecule has 3 heterocycles. The molecule has 1 fully saturated rings. The highest BCUT2D eigenvalue weighted by Crippen LogP contribution is 2.42. The summed E-state index contributed by atoms with van der Waals surface area (Å²) in [6.45, 7) is 16.2. The van der Waals surface area contributed by atoms with E-state index >= 15 is 0 Å². The Balaban J connectivity index is 1.57. The van der Waals surface area contributed by atoms with E-state index in [1.807, 2.05) is 20.8 Å². The Kier molecular flexibility index (Phi) is 7.67. The number of ether oxygens (including phenoxy) is 1. The van der Waals surface area contributed by atoms with E-state index in [4.69, 9.17) is 9.16 Å². The van der Waals surface area contributed by atoms with Crippen molar-refractivity contribution in [3.8, 4) is 0 Å². The summed E-state index contributed by atoms with van der Waals surface area (Å²) in [5.74, 6) is 0. The van der Waals surface area contributed by atoms with Gasteiger partial charge in [-0.25, -0.2) is 27.0 Å². The normalized spacial score (nSPS) is 20.1. The van der Waals surface area contributed by atoms with Gasteiger partial charge in [0.2, 0.25) is 0 Å². The van der Waals surface area contributed by atoms with Crippen LogP contribution in [0.15, 0.2) is 58.5 Å². The molecule has 13 heteroatoms. The number of hydrogen-bond acceptors (Lipinski definition) is 7. The van der Waals surface area contributed by atoms with E-state index in [0.29, 0.717) is 29.3 Å². The highest BCUT2D eigenvalue weighted by atomic mass is 32.2. The number of amides is 1. The Labute approximate surface area is 252 Å². The Morgan fingerprint density at radius 2 is 1.74 bits per heavy atom. The first-order valence-corrected chi connectivity index (χ1v) is 18.8. The first-order chi connectivity index (χ1) is 19.9. The molecule has 5 rings (SSSR count). The van der Waals surface area contributed by atoms with Gasteiger partial charge in [-0.15, -0.1) is 0 Å². The number of pyridine rings is 1. The summed E-state index contributed by atoms with van der Waals surface area (Å²) in [4.78, 5) is 33.8. The van der Waals surface area contributed by atoms with Crippen LogP contribution in [0.2, 0.25) is 18.1 Å². The summed E-state index contributed by atoms with van der Waals surface area (Å²) in [7, 11) is -6.17. The quantitative estimate of drug-likeness (QED) is 0.268. The number of aromatic nitrogens is 4. The minimum absolute atomic E-state index is 0.0653. The molecule has 0 spiro atoms. The number of nitrogens with one attached hydrogen (secondary N) is 2. The molecule has 1 aromatic carbocycles. The zero-order valence-corrected chi connectivity index (χ0v) is 27.8. The maximum atomic E-state index is 13.5. The van der Waals surface area contributed by atoms with Crippen LogP contribution in [0.3, 0.4) is 0 Å². The number of rotatable bonds is 6. The number of carbonyl (C=O) groups excluding carboxylic acids is 1. The lowest BCUT2D eigenvalue weighted by atomic mass is 10.2. The van der Waals surface area contributed by atoms with Gasteiger partial charge in [-0.05, 0) is 69.9 Å². The zero-order valence-electron chi connectivity index (χ0n) is 26.0. The molecular formula is C30H41N5O6SSi. The third-order valence-electron chi connectivity index (χ3n) is 8.45. The molecule has 3 atom stereocenters. The topological polar surface area (TPSA) is 137 Å². The Bertz CT molecular complexity index is 1830. The van der Waals surface area contributed by atoms with Crippen molar-refractivity contribution in [1.82, 2.24) is 23.8 Å². The van der Waals surface area contributed by atoms with Gasteiger partial charge in [0, 0.05) is 17.6 Å². The summed E-state index contributed by atoms with van der Waals surface area (Å²) in [5.41, 5.74) is 0.276. The predicted molar refractivity (Wildman–Crippen MR) is 168 cm³/mol. The number of fused-ring (bicyclic) bond motifs is 3. The Morgan fingerprint density at radius 3 is 2.37 bits per heavy atom. The molecule has 4 aromatic rings. The average molecular weight is 628 g/mol. The van der Waals surface area contributed by atoms with E-state index in [-0.39, 0.29) is 33.4 Å². The zero-order chi connectivity index (χ0) is 31.5. The fourth-order valence-electron chi connectivity index (χ4n) is 5.41. The maximum Gasteiger partial charge on any atom is 0.407 e. The van der Waals surface area contributed by atoms with Crippen LogP contribution >= 0.6 is 0 Å². The first kappa shape index (κ1) is 31.0. The number of imidazole rings is 1. The average Bonchev–Trinajstić information content (AvgIpc) is 3.57. The third-order valence-corrected chi connectivity index (χ3v) is 14.6. The van der Waals surface area contributed by atoms with Crippen LogP contribution in [0.1, 0.15) is 60.4 Å². The van der Waals surface area contributed by atoms with Crippen molar-refractivity contribution < 1.29 is 22.4 Å². The van der Waals surface area contributed by atoms with E-state index in [9.17, 15) is 18.0 Å². The number of benzene rings is 1. The second kappa shape index (κ2) is 10.6. The van der Waals surface area contributed by atoms with Crippen molar-refractivity contribution in [3.63, 3.8) is 0 Å². The smallest absolute Gasteiger partial charge is 0.407 e. The minimum atomic E-state index is -3.92. The molecule has 0 unspecified atom stereocenters. The molecule has 0 radical (unpaired) electrons. The largest absolute Gasteiger partial charge is 0.444 e. The molecule has 2 N–H and O–H groups in total. The lowest BCUT2D eigenvalue weighted by Crippen LogP contribution is -2.50. The fraction of sp³-hybridized carbons (Fsp3) is 0.500. The second-order valence-corrected chi connectivity index (χ2v) is 20.4. The van der Waals surface area contributed by atoms with Crippen molar-refractivity contribution in [2.45, 2.75) is 101 Å². The molecule has 0 aliphatic heterocycles. The van der Waals surface area contributed by atoms with Gasteiger partial charge in [0.1, 0.15) is 5.60 Å². The van der Waals surface area contributed by atoms with Crippen LogP contribution in [-0.4, -0.2) is 59.1 Å². The molecule has 1 amide bonds. The van der Waals surface area contributed by atoms with Crippen molar-refractivity contribution >= 4 is 46.5 Å². The summed E-state index contributed by atoms with van der Waals surface area (Å²) in [6.07, 6.45) is 2.97. The van der Waals surface area contributed by atoms with Crippen LogP contribution in [0, 0.1) is 0 Å². The maximum absolute atomic E-state index is 13.5. The van der Waals surface area contributed by atoms with Crippen molar-refractivity contribution in [1.29, 1.82) is 0 Å². The lowest BCUT2D eigenvalue weighted by molar-refractivity contribution is 0.0457. The van der Waals surface area contributed by atoms with Crippen molar-refractivity contribution in [3.05, 3.63) is 59.3 Å². The lowest BCUT2D eigenvalue weighted by Gasteiger charge is -2.40. The standard InChI is InChI=1S/C30H41N5O6SSi/c1-29(2,3)40-28(37)33-22-16-19(17-24(22)41-43(7,8)30(4,5)6)35-25-21-14-15-34(26(21)31-18-23(25)32-27(35)36)42(38,39)20-12-10-9-11-13-20/h9-15,18-19,22,24H,16-17H2,1-8H3,(H,32,36)(H,33,37)/t19-,22-,24+/m0/s1. The summed E-state index contributed by atoms with van der Waals surface area (Å²) in [6, 6.07) is 9.08. The van der Waals surface area contributed by atoms with Gasteiger partial charge in [0.05, 0.1) is 34.3 Å². The van der Waals surface area contributed by atoms with Gasteiger partial charge in [-0.2, -0.15) is 0 Å². The van der Waals surface area contributed by atoms with E-state index in [1.165, 1.54) is 24.5 Å². The van der Waals surface area contributed by atoms with Crippen molar-refractivity contribution in [2.75, 3.05) is 0 Å². The van der Waals surface area contributed by atoms with Gasteiger partial charge in [0.25, 0.3) is 10.0 Å². The highest BCUT2D eigenvalue weighted by molar-refractivity contribution is 7.90. The third kappa shape index (κ3) is 5.89. The Morgan fingerprint density at radius 1 is 1.07 bits per heavy atom. The summed E-state index contributed by atoms with van der Waals surface area (Å²) >= 11 is 0. The SMILES string of the molecule is CC(C)(C)OC(=O)N[C@H]1C[C@H](n2c(=O)[nH]c3cnc4c(ccn4S(=O)(=O)c4ccccc4)c32)C[C@H]1O[Si](C)(C)C(C)(C)C. The molecule has 3 aromatic heterocycles. The monoisotopic (exact) mass is 627 g/mol. The van der Waals surface area contributed by atoms with E-state index < -0.39 is 36.1 Å². The van der Waals surface area contributed by atoms with E-state index in [0.717, 1.165) is 3.97 Å². The summed E-state index contributed by atoms with van der Waals surface area (Å²) in [5, 5.41) is 3.48. The molecule has 0 saturated heterocycles. The number of H-pyrrole nitrogens is 1. The van der Waals surface area contributed by atoms with Gasteiger partial charge in [0.15, 0.2) is 14.0 Å². The number of nitrogens with zero attached hydrogens (tertiary/aromatic N) is 3. The summed E-state index contributed by atoms with van der Waals surface area (Å²) < 4.78 is 42.1. The number of carbonyl (C=O) groups is 1. The first-order valence-electron chi connectivity index (χ1n) is 14.5. The predicted octanol–water partition coefficient (Wildman–Crippen LogP) is 5.53. The van der Waals surface area contributed by atoms with E-state index in [2.05, 4.69) is 49.1 Å². The molecule has 1 aliphatic carbocycles. The van der Waals surface area contributed by atoms with Crippen LogP contribution in [0.5, 0.6) is 0 Å². The van der Waals surface area contributed by atoms with E-state index in [1.54, 1.807) is 28.8 Å². The Hall–Kier alpha value is -3.42. The minimum Gasteiger partial charge on any atom is -0.444 e. The number of hydrogen-bond donors (Lipinski definition) is 2. The van der Waals surface area contributed by atoms with Crippen LogP contribution in [0.4, 0.5) is 4.79 Å². The molecule has 0 bridgehead atoms. The van der Waals surface area contributed by atoms with Gasteiger partial charge >= 0.3 is 11.8 Å². The van der Waals surface area contributed by atoms with Crippen LogP contribution < -0.4 is 11.0 Å². The molecule has 11 nitrogen and oxygen atoms in total. The van der Waals surface area contributed by atoms with Crippen molar-refractivity contribution in [2.24, 2.45) is 0 Å². The number of alkyl carbamates (subject to hydrolysis) is 1. The molecule has 1 aliphatic rings. The fourth-order valence-corrected chi connectivity index (χ4v) is 8.10. The molecular weight excluding hydrogens is 587 g/mol. The molecule has 43 heavy (non-hydrogen) atoms. The molecule has 232 valence electrons. The van der Waals surface area contributed by atoms with Gasteiger partial charge in [-0.3, -0.25) is 4.57 Å². The van der Waals surface area contributed by atoms with Gasteiger partial charge in [-0.1, -0.05) is 39.0 Å². The second-order valence-electron chi connectivity index (χ2n) is 13.8. The van der Waals surface area contributed by atoms with Crippen LogP contribution in [-0.2, 0) is 19.2 Å². The van der Waals surface area contributed by atoms with Gasteiger partial charge < -0.3 is 19.5 Å². The molecule has 1 saturated carbocycles. The highest BCUT2D eigenvalue weighted by Gasteiger charge is 2.46.